The standard InChI is InChI=1S/C16H26N4/c17-15-7-5-14(6-8-15)13-18-16(19-9-1-2-10-19)20-11-3-4-12-20/h5-8,16,18H,1-4,9-13,17H2. The molecule has 3 N–H and O–H groups in total. The van der Waals surface area contributed by atoms with Crippen LogP contribution in [0.5, 0.6) is 0 Å². The fraction of sp³-hybridized carbons (Fsp3) is 0.625. The summed E-state index contributed by atoms with van der Waals surface area (Å²) in [5.41, 5.74) is 7.89. The van der Waals surface area contributed by atoms with E-state index in [1.807, 2.05) is 12.1 Å². The smallest absolute Gasteiger partial charge is 0.117 e. The highest BCUT2D eigenvalue weighted by molar-refractivity contribution is 5.39. The van der Waals surface area contributed by atoms with Crippen molar-refractivity contribution >= 4 is 5.69 Å². The van der Waals surface area contributed by atoms with Crippen LogP contribution in [0.15, 0.2) is 24.3 Å². The average molecular weight is 274 g/mol. The maximum absolute atomic E-state index is 5.74. The van der Waals surface area contributed by atoms with Gasteiger partial charge in [0.2, 0.25) is 0 Å². The monoisotopic (exact) mass is 274 g/mol. The van der Waals surface area contributed by atoms with E-state index in [1.165, 1.54) is 57.4 Å². The van der Waals surface area contributed by atoms with Gasteiger partial charge in [0, 0.05) is 38.4 Å². The van der Waals surface area contributed by atoms with Crippen molar-refractivity contribution in [3.8, 4) is 0 Å². The van der Waals surface area contributed by atoms with Crippen molar-refractivity contribution < 1.29 is 0 Å². The molecule has 20 heavy (non-hydrogen) atoms. The van der Waals surface area contributed by atoms with Crippen LogP contribution in [0.3, 0.4) is 0 Å². The molecular formula is C16H26N4. The Kier molecular flexibility index (Phi) is 4.55. The summed E-state index contributed by atoms with van der Waals surface area (Å²) in [6.45, 7) is 5.84. The van der Waals surface area contributed by atoms with Crippen molar-refractivity contribution in [3.63, 3.8) is 0 Å². The van der Waals surface area contributed by atoms with Crippen LogP contribution in [0.4, 0.5) is 5.69 Å². The maximum Gasteiger partial charge on any atom is 0.117 e. The zero-order chi connectivity index (χ0) is 13.8. The van der Waals surface area contributed by atoms with Crippen molar-refractivity contribution in [2.75, 3.05) is 31.9 Å². The Labute approximate surface area is 121 Å². The minimum Gasteiger partial charge on any atom is -0.399 e. The Balaban J connectivity index is 1.61. The van der Waals surface area contributed by atoms with Crippen LogP contribution in [-0.4, -0.2) is 42.3 Å². The lowest BCUT2D eigenvalue weighted by atomic mass is 10.2. The van der Waals surface area contributed by atoms with E-state index < -0.39 is 0 Å². The van der Waals surface area contributed by atoms with Gasteiger partial charge < -0.3 is 5.73 Å². The summed E-state index contributed by atoms with van der Waals surface area (Å²) in [5, 5.41) is 3.75. The fourth-order valence-electron chi connectivity index (χ4n) is 3.31. The van der Waals surface area contributed by atoms with Crippen molar-refractivity contribution in [3.05, 3.63) is 29.8 Å². The highest BCUT2D eigenvalue weighted by Crippen LogP contribution is 2.18. The molecule has 2 saturated heterocycles. The van der Waals surface area contributed by atoms with Gasteiger partial charge in [-0.2, -0.15) is 0 Å². The van der Waals surface area contributed by atoms with Crippen LogP contribution in [0.2, 0.25) is 0 Å². The number of hydrogen-bond acceptors (Lipinski definition) is 4. The number of anilines is 1. The molecule has 0 amide bonds. The molecule has 4 nitrogen and oxygen atoms in total. The van der Waals surface area contributed by atoms with Gasteiger partial charge in [-0.1, -0.05) is 12.1 Å². The summed E-state index contributed by atoms with van der Waals surface area (Å²) < 4.78 is 0. The minimum absolute atomic E-state index is 0.414. The van der Waals surface area contributed by atoms with Gasteiger partial charge >= 0.3 is 0 Å². The van der Waals surface area contributed by atoms with Gasteiger partial charge in [0.15, 0.2) is 0 Å². The zero-order valence-electron chi connectivity index (χ0n) is 12.2. The molecule has 1 aromatic rings. The summed E-state index contributed by atoms with van der Waals surface area (Å²) in [7, 11) is 0. The Morgan fingerprint density at radius 2 is 1.40 bits per heavy atom. The molecule has 2 aliphatic heterocycles. The number of nitrogens with one attached hydrogen (secondary N) is 1. The average Bonchev–Trinajstić information content (AvgIpc) is 3.14. The van der Waals surface area contributed by atoms with Crippen molar-refractivity contribution in [1.29, 1.82) is 0 Å². The first-order valence-electron chi connectivity index (χ1n) is 7.89. The van der Waals surface area contributed by atoms with E-state index >= 15 is 0 Å². The molecule has 2 heterocycles. The second-order valence-electron chi connectivity index (χ2n) is 5.98. The Morgan fingerprint density at radius 3 is 1.90 bits per heavy atom. The maximum atomic E-state index is 5.74. The van der Waals surface area contributed by atoms with E-state index in [0.717, 1.165) is 12.2 Å². The van der Waals surface area contributed by atoms with Gasteiger partial charge in [-0.25, -0.2) is 0 Å². The topological polar surface area (TPSA) is 44.5 Å². The number of hydrogen-bond donors (Lipinski definition) is 2. The highest BCUT2D eigenvalue weighted by atomic mass is 15.5. The van der Waals surface area contributed by atoms with Crippen LogP contribution in [0.1, 0.15) is 31.2 Å². The molecule has 0 spiro atoms. The predicted octanol–water partition coefficient (Wildman–Crippen LogP) is 1.83. The first-order valence-corrected chi connectivity index (χ1v) is 7.89. The third kappa shape index (κ3) is 3.32. The zero-order valence-corrected chi connectivity index (χ0v) is 12.2. The lowest BCUT2D eigenvalue weighted by Gasteiger charge is -2.35. The van der Waals surface area contributed by atoms with Crippen LogP contribution in [-0.2, 0) is 6.54 Å². The largest absolute Gasteiger partial charge is 0.399 e. The lowest BCUT2D eigenvalue weighted by Crippen LogP contribution is -2.54. The molecule has 110 valence electrons. The Hall–Kier alpha value is -1.10. The Bertz CT molecular complexity index is 389. The van der Waals surface area contributed by atoms with E-state index in [2.05, 4.69) is 27.2 Å². The first-order chi connectivity index (χ1) is 9.83. The molecule has 0 radical (unpaired) electrons. The number of nitrogens with two attached hydrogens (primary N) is 1. The molecule has 0 atom stereocenters. The molecule has 0 saturated carbocycles. The van der Waals surface area contributed by atoms with Crippen LogP contribution in [0, 0.1) is 0 Å². The molecule has 1 aromatic carbocycles. The third-order valence-electron chi connectivity index (χ3n) is 4.44. The van der Waals surface area contributed by atoms with Gasteiger partial charge in [0.25, 0.3) is 0 Å². The van der Waals surface area contributed by atoms with E-state index in [-0.39, 0.29) is 0 Å². The Morgan fingerprint density at radius 1 is 0.900 bits per heavy atom. The second kappa shape index (κ2) is 6.57. The van der Waals surface area contributed by atoms with E-state index in [1.54, 1.807) is 0 Å². The molecule has 0 bridgehead atoms. The highest BCUT2D eigenvalue weighted by Gasteiger charge is 2.28. The molecular weight excluding hydrogens is 248 g/mol. The second-order valence-corrected chi connectivity index (χ2v) is 5.98. The summed E-state index contributed by atoms with van der Waals surface area (Å²) >= 11 is 0. The van der Waals surface area contributed by atoms with Gasteiger partial charge in [0.1, 0.15) is 6.29 Å². The molecule has 0 aromatic heterocycles. The summed E-state index contributed by atoms with van der Waals surface area (Å²) in [6.07, 6.45) is 5.78. The summed E-state index contributed by atoms with van der Waals surface area (Å²) in [4.78, 5) is 5.20. The molecule has 3 rings (SSSR count). The van der Waals surface area contributed by atoms with E-state index in [9.17, 15) is 0 Å². The number of likely N-dealkylation sites (tertiary alicyclic amines) is 2. The fourth-order valence-corrected chi connectivity index (χ4v) is 3.31. The van der Waals surface area contributed by atoms with E-state index in [0.29, 0.717) is 6.29 Å². The SMILES string of the molecule is Nc1ccc(CNC(N2CCCC2)N2CCCC2)cc1. The van der Waals surface area contributed by atoms with Gasteiger partial charge in [-0.05, 0) is 43.4 Å². The molecule has 2 fully saturated rings. The molecule has 2 aliphatic rings. The van der Waals surface area contributed by atoms with Crippen molar-refractivity contribution in [2.45, 2.75) is 38.5 Å². The quantitative estimate of drug-likeness (QED) is 0.804. The summed E-state index contributed by atoms with van der Waals surface area (Å²) in [5.74, 6) is 0. The van der Waals surface area contributed by atoms with Crippen molar-refractivity contribution in [2.24, 2.45) is 0 Å². The molecule has 0 unspecified atom stereocenters. The predicted molar refractivity (Wildman–Crippen MR) is 83.1 cm³/mol. The third-order valence-corrected chi connectivity index (χ3v) is 4.44. The van der Waals surface area contributed by atoms with Crippen LogP contribution >= 0.6 is 0 Å². The number of rotatable bonds is 5. The van der Waals surface area contributed by atoms with Crippen LogP contribution < -0.4 is 11.1 Å². The molecule has 4 heteroatoms. The van der Waals surface area contributed by atoms with E-state index in [4.69, 9.17) is 5.73 Å². The lowest BCUT2D eigenvalue weighted by molar-refractivity contribution is 0.0493. The number of benzene rings is 1. The number of nitrogens with zero attached hydrogens (tertiary/aromatic N) is 2. The summed E-state index contributed by atoms with van der Waals surface area (Å²) in [6, 6.07) is 8.20. The van der Waals surface area contributed by atoms with Gasteiger partial charge in [0.05, 0.1) is 0 Å². The number of nitrogen functional groups attached to an aromatic ring is 1. The van der Waals surface area contributed by atoms with Gasteiger partial charge in [-0.3, -0.25) is 15.1 Å². The minimum atomic E-state index is 0.414. The first kappa shape index (κ1) is 13.9. The van der Waals surface area contributed by atoms with Crippen LogP contribution in [0.25, 0.3) is 0 Å². The normalized spacial score (nSPS) is 21.1. The molecule has 0 aliphatic carbocycles. The van der Waals surface area contributed by atoms with Gasteiger partial charge in [-0.15, -0.1) is 0 Å². The van der Waals surface area contributed by atoms with Crippen molar-refractivity contribution in [1.82, 2.24) is 15.1 Å².